The highest BCUT2D eigenvalue weighted by molar-refractivity contribution is 7.99. The predicted molar refractivity (Wildman–Crippen MR) is 122 cm³/mol. The van der Waals surface area contributed by atoms with E-state index in [1.165, 1.54) is 11.8 Å². The van der Waals surface area contributed by atoms with Crippen LogP contribution in [0, 0.1) is 13.8 Å². The molecule has 2 aromatic carbocycles. The molecule has 1 N–H and O–H groups in total. The molecular weight excluding hydrogens is 426 g/mol. The van der Waals surface area contributed by atoms with E-state index >= 15 is 0 Å². The van der Waals surface area contributed by atoms with Gasteiger partial charge in [-0.15, -0.1) is 10.2 Å². The Hall–Kier alpha value is -3.59. The van der Waals surface area contributed by atoms with Gasteiger partial charge in [0.15, 0.2) is 16.8 Å². The Labute approximate surface area is 190 Å². The number of thioether (sulfide) groups is 1. The summed E-state index contributed by atoms with van der Waals surface area (Å²) in [6, 6.07) is 19.4. The number of hydrogen-bond donors (Lipinski definition) is 1. The normalized spacial score (nSPS) is 10.8. The molecule has 8 nitrogen and oxygen atoms in total. The zero-order valence-corrected chi connectivity index (χ0v) is 18.6. The van der Waals surface area contributed by atoms with Gasteiger partial charge < -0.3 is 14.6 Å². The number of hydrogen-bond acceptors (Lipinski definition) is 7. The van der Waals surface area contributed by atoms with Crippen molar-refractivity contribution in [1.82, 2.24) is 19.9 Å². The Bertz CT molecular complexity index is 1190. The van der Waals surface area contributed by atoms with Crippen LogP contribution in [0.1, 0.15) is 23.6 Å². The van der Waals surface area contributed by atoms with Crippen LogP contribution in [0.5, 0.6) is 5.75 Å². The summed E-state index contributed by atoms with van der Waals surface area (Å²) < 4.78 is 12.9. The van der Waals surface area contributed by atoms with Crippen LogP contribution >= 0.6 is 11.8 Å². The Morgan fingerprint density at radius 3 is 2.62 bits per heavy atom. The Kier molecular flexibility index (Phi) is 6.86. The number of carbonyl (C=O) groups excluding carboxylic acids is 1. The average Bonchev–Trinajstić information content (AvgIpc) is 3.39. The molecule has 0 atom stereocenters. The summed E-state index contributed by atoms with van der Waals surface area (Å²) >= 11 is 1.46. The second-order valence-electron chi connectivity index (χ2n) is 7.09. The monoisotopic (exact) mass is 449 g/mol. The third-order valence-corrected chi connectivity index (χ3v) is 5.55. The molecule has 0 unspecified atom stereocenters. The van der Waals surface area contributed by atoms with Crippen molar-refractivity contribution in [3.05, 3.63) is 77.8 Å². The van der Waals surface area contributed by atoms with Crippen LogP contribution in [0.2, 0.25) is 0 Å². The quantitative estimate of drug-likeness (QED) is 0.374. The SMILES string of the molecule is Cc1cc(NC(=O)CCSc2nnc(COc3ccccc3C)n2-c2ccccc2)no1. The highest BCUT2D eigenvalue weighted by atomic mass is 32.2. The van der Waals surface area contributed by atoms with Crippen LogP contribution in [0.25, 0.3) is 5.69 Å². The number of para-hydroxylation sites is 2. The fourth-order valence-corrected chi connectivity index (χ4v) is 3.96. The zero-order chi connectivity index (χ0) is 22.3. The number of amides is 1. The van der Waals surface area contributed by atoms with E-state index in [1.807, 2.05) is 66.1 Å². The Balaban J connectivity index is 1.44. The van der Waals surface area contributed by atoms with Crippen LogP contribution in [0.3, 0.4) is 0 Å². The standard InChI is InChI=1S/C23H23N5O3S/c1-16-8-6-7-11-19(16)30-15-21-25-26-23(28(21)18-9-4-3-5-10-18)32-13-12-22(29)24-20-14-17(2)31-27-20/h3-11,14H,12-13,15H2,1-2H3,(H,24,27,29). The predicted octanol–water partition coefficient (Wildman–Crippen LogP) is 4.57. The van der Waals surface area contributed by atoms with Gasteiger partial charge in [0.05, 0.1) is 0 Å². The molecule has 0 spiro atoms. The minimum absolute atomic E-state index is 0.139. The molecule has 2 aromatic heterocycles. The first-order valence-corrected chi connectivity index (χ1v) is 11.1. The van der Waals surface area contributed by atoms with Gasteiger partial charge >= 0.3 is 0 Å². The maximum atomic E-state index is 12.2. The minimum Gasteiger partial charge on any atom is -0.485 e. The largest absolute Gasteiger partial charge is 0.485 e. The Morgan fingerprint density at radius 2 is 1.88 bits per heavy atom. The summed E-state index contributed by atoms with van der Waals surface area (Å²) in [4.78, 5) is 12.2. The van der Waals surface area contributed by atoms with Gasteiger partial charge in [0, 0.05) is 23.9 Å². The van der Waals surface area contributed by atoms with Crippen molar-refractivity contribution < 1.29 is 14.1 Å². The fourth-order valence-electron chi connectivity index (χ4n) is 3.05. The molecule has 0 saturated carbocycles. The molecule has 0 aliphatic rings. The highest BCUT2D eigenvalue weighted by Gasteiger charge is 2.16. The van der Waals surface area contributed by atoms with E-state index in [2.05, 4.69) is 20.7 Å². The van der Waals surface area contributed by atoms with Gasteiger partial charge in [-0.3, -0.25) is 9.36 Å². The molecule has 2 heterocycles. The lowest BCUT2D eigenvalue weighted by molar-refractivity contribution is -0.115. The van der Waals surface area contributed by atoms with Crippen molar-refractivity contribution >= 4 is 23.5 Å². The summed E-state index contributed by atoms with van der Waals surface area (Å²) in [5.74, 6) is 2.95. The Morgan fingerprint density at radius 1 is 1.09 bits per heavy atom. The van der Waals surface area contributed by atoms with E-state index in [4.69, 9.17) is 9.26 Å². The van der Waals surface area contributed by atoms with E-state index < -0.39 is 0 Å². The maximum absolute atomic E-state index is 12.2. The van der Waals surface area contributed by atoms with E-state index in [0.29, 0.717) is 34.7 Å². The van der Waals surface area contributed by atoms with Crippen molar-refractivity contribution in [2.75, 3.05) is 11.1 Å². The van der Waals surface area contributed by atoms with Crippen molar-refractivity contribution in [1.29, 1.82) is 0 Å². The third-order valence-electron chi connectivity index (χ3n) is 4.62. The molecule has 0 fully saturated rings. The van der Waals surface area contributed by atoms with Crippen molar-refractivity contribution in [2.24, 2.45) is 0 Å². The summed E-state index contributed by atoms with van der Waals surface area (Å²) in [7, 11) is 0. The summed E-state index contributed by atoms with van der Waals surface area (Å²) in [6.07, 6.45) is 0.299. The summed E-state index contributed by atoms with van der Waals surface area (Å²) in [5, 5.41) is 15.9. The van der Waals surface area contributed by atoms with Crippen LogP contribution in [-0.4, -0.2) is 31.6 Å². The van der Waals surface area contributed by atoms with Crippen LogP contribution < -0.4 is 10.1 Å². The van der Waals surface area contributed by atoms with Gasteiger partial charge in [-0.25, -0.2) is 0 Å². The summed E-state index contributed by atoms with van der Waals surface area (Å²) in [6.45, 7) is 4.05. The van der Waals surface area contributed by atoms with Gasteiger partial charge in [0.2, 0.25) is 5.91 Å². The van der Waals surface area contributed by atoms with Gasteiger partial charge in [0.1, 0.15) is 18.1 Å². The minimum atomic E-state index is -0.139. The first kappa shape index (κ1) is 21.6. The number of benzene rings is 2. The van der Waals surface area contributed by atoms with Crippen LogP contribution in [-0.2, 0) is 11.4 Å². The first-order chi connectivity index (χ1) is 15.6. The number of anilines is 1. The second-order valence-corrected chi connectivity index (χ2v) is 8.16. The molecule has 0 bridgehead atoms. The molecule has 1 amide bonds. The molecule has 0 aliphatic carbocycles. The molecule has 4 aromatic rings. The molecule has 0 saturated heterocycles. The molecule has 0 aliphatic heterocycles. The molecule has 4 rings (SSSR count). The zero-order valence-electron chi connectivity index (χ0n) is 17.8. The van der Waals surface area contributed by atoms with E-state index in [0.717, 1.165) is 17.0 Å². The molecular formula is C23H23N5O3S. The third kappa shape index (κ3) is 5.36. The van der Waals surface area contributed by atoms with Crippen LogP contribution in [0.15, 0.2) is 70.3 Å². The molecule has 164 valence electrons. The highest BCUT2D eigenvalue weighted by Crippen LogP contribution is 2.24. The van der Waals surface area contributed by atoms with Gasteiger partial charge in [-0.2, -0.15) is 0 Å². The lowest BCUT2D eigenvalue weighted by atomic mass is 10.2. The lowest BCUT2D eigenvalue weighted by Crippen LogP contribution is -2.12. The molecule has 32 heavy (non-hydrogen) atoms. The average molecular weight is 450 g/mol. The lowest BCUT2D eigenvalue weighted by Gasteiger charge is -2.12. The number of nitrogens with one attached hydrogen (secondary N) is 1. The number of nitrogens with zero attached hydrogens (tertiary/aromatic N) is 4. The maximum Gasteiger partial charge on any atom is 0.226 e. The van der Waals surface area contributed by atoms with Crippen molar-refractivity contribution in [3.8, 4) is 11.4 Å². The smallest absolute Gasteiger partial charge is 0.226 e. The van der Waals surface area contributed by atoms with Gasteiger partial charge in [0.25, 0.3) is 0 Å². The van der Waals surface area contributed by atoms with Crippen molar-refractivity contribution in [2.45, 2.75) is 32.0 Å². The number of ether oxygens (including phenoxy) is 1. The first-order valence-electron chi connectivity index (χ1n) is 10.1. The van der Waals surface area contributed by atoms with Gasteiger partial charge in [-0.1, -0.05) is 53.3 Å². The summed E-state index contributed by atoms with van der Waals surface area (Å²) in [5.41, 5.74) is 1.99. The van der Waals surface area contributed by atoms with Crippen LogP contribution in [0.4, 0.5) is 5.82 Å². The van der Waals surface area contributed by atoms with E-state index in [9.17, 15) is 4.79 Å². The number of aryl methyl sites for hydroxylation is 2. The molecule has 0 radical (unpaired) electrons. The number of rotatable bonds is 9. The van der Waals surface area contributed by atoms with Gasteiger partial charge in [-0.05, 0) is 37.6 Å². The van der Waals surface area contributed by atoms with E-state index in [-0.39, 0.29) is 12.5 Å². The second kappa shape index (κ2) is 10.1. The molecule has 9 heteroatoms. The number of carbonyl (C=O) groups is 1. The van der Waals surface area contributed by atoms with Crippen molar-refractivity contribution in [3.63, 3.8) is 0 Å². The van der Waals surface area contributed by atoms with E-state index in [1.54, 1.807) is 13.0 Å². The number of aromatic nitrogens is 4. The fraction of sp³-hybridized carbons (Fsp3) is 0.217. The topological polar surface area (TPSA) is 95.1 Å².